The molecule has 3 nitrogen and oxygen atoms in total. The van der Waals surface area contributed by atoms with Crippen molar-refractivity contribution in [2.75, 3.05) is 19.0 Å². The molecule has 1 unspecified atom stereocenters. The normalized spacial score (nSPS) is 16.7. The molecule has 0 radical (unpaired) electrons. The molecule has 26 heavy (non-hydrogen) atoms. The van der Waals surface area contributed by atoms with Crippen molar-refractivity contribution in [2.45, 2.75) is 38.6 Å². The highest BCUT2D eigenvalue weighted by Crippen LogP contribution is 2.28. The molecule has 1 N–H and O–H groups in total. The zero-order chi connectivity index (χ0) is 19.4. The van der Waals surface area contributed by atoms with Gasteiger partial charge in [0, 0.05) is 37.2 Å². The third-order valence-corrected chi connectivity index (χ3v) is 5.39. The van der Waals surface area contributed by atoms with Gasteiger partial charge in [-0.25, -0.2) is 0 Å². The molecule has 1 atom stereocenters. The Morgan fingerprint density at radius 1 is 1.12 bits per heavy atom. The van der Waals surface area contributed by atoms with E-state index in [0.29, 0.717) is 10.6 Å². The summed E-state index contributed by atoms with van der Waals surface area (Å²) in [6.45, 7) is -0.836. The van der Waals surface area contributed by atoms with Gasteiger partial charge >= 0.3 is 0 Å². The number of benzene rings is 2. The van der Waals surface area contributed by atoms with Gasteiger partial charge in [0.05, 0.1) is 1.37 Å². The van der Waals surface area contributed by atoms with E-state index in [-0.39, 0.29) is 11.8 Å². The third-order valence-electron chi connectivity index (χ3n) is 5.06. The van der Waals surface area contributed by atoms with E-state index in [1.807, 2.05) is 32.3 Å². The second-order valence-electron chi connectivity index (χ2n) is 7.17. The van der Waals surface area contributed by atoms with Crippen molar-refractivity contribution in [1.29, 1.82) is 0 Å². The standard InChI is InChI=1S/C22H27ClN2O/c1-25(2)20-12-10-16(11-13-20)18-8-9-19(21(23)14-18)15-24-22(26)17-6-4-3-5-7-17/h8-14,17H,3-7,15H2,1-2H3,(H,24,26)/i15D. The third kappa shape index (κ3) is 4.59. The Balaban J connectivity index is 1.71. The summed E-state index contributed by atoms with van der Waals surface area (Å²) >= 11 is 6.45. The van der Waals surface area contributed by atoms with Crippen LogP contribution >= 0.6 is 11.6 Å². The summed E-state index contributed by atoms with van der Waals surface area (Å²) in [5, 5.41) is 3.33. The number of anilines is 1. The molecule has 0 bridgehead atoms. The zero-order valence-corrected chi connectivity index (χ0v) is 16.2. The molecule has 0 spiro atoms. The van der Waals surface area contributed by atoms with E-state index in [1.165, 1.54) is 6.42 Å². The predicted molar refractivity (Wildman–Crippen MR) is 110 cm³/mol. The fourth-order valence-corrected chi connectivity index (χ4v) is 3.64. The SMILES string of the molecule is [2H]C(NC(=O)C1CCCCC1)c1ccc(-c2ccc(N(C)C)cc2)cc1Cl. The van der Waals surface area contributed by atoms with Crippen molar-refractivity contribution in [3.8, 4) is 11.1 Å². The number of nitrogens with one attached hydrogen (secondary N) is 1. The first-order valence-corrected chi connectivity index (χ1v) is 9.63. The first-order valence-electron chi connectivity index (χ1n) is 9.83. The molecule has 0 heterocycles. The molecule has 0 aromatic heterocycles. The maximum absolute atomic E-state index is 12.4. The first-order chi connectivity index (χ1) is 13.0. The molecular formula is C22H27ClN2O. The van der Waals surface area contributed by atoms with E-state index in [4.69, 9.17) is 13.0 Å². The van der Waals surface area contributed by atoms with Crippen LogP contribution in [-0.4, -0.2) is 20.0 Å². The largest absolute Gasteiger partial charge is 0.378 e. The van der Waals surface area contributed by atoms with E-state index in [2.05, 4.69) is 34.5 Å². The van der Waals surface area contributed by atoms with Crippen LogP contribution in [0.4, 0.5) is 5.69 Å². The summed E-state index contributed by atoms with van der Waals surface area (Å²) < 4.78 is 8.33. The Hall–Kier alpha value is -2.00. The number of hydrogen-bond acceptors (Lipinski definition) is 2. The molecule has 1 fully saturated rings. The lowest BCUT2D eigenvalue weighted by Gasteiger charge is -2.21. The van der Waals surface area contributed by atoms with Crippen LogP contribution in [0.3, 0.4) is 0 Å². The lowest BCUT2D eigenvalue weighted by molar-refractivity contribution is -0.126. The quantitative estimate of drug-likeness (QED) is 0.776. The van der Waals surface area contributed by atoms with Gasteiger partial charge in [-0.2, -0.15) is 0 Å². The van der Waals surface area contributed by atoms with Gasteiger partial charge < -0.3 is 10.2 Å². The van der Waals surface area contributed by atoms with Crippen LogP contribution in [0.1, 0.15) is 39.0 Å². The highest BCUT2D eigenvalue weighted by atomic mass is 35.5. The minimum absolute atomic E-state index is 0.0193. The van der Waals surface area contributed by atoms with Gasteiger partial charge in [-0.15, -0.1) is 0 Å². The summed E-state index contributed by atoms with van der Waals surface area (Å²) in [6, 6.07) is 13.9. The number of rotatable bonds is 5. The van der Waals surface area contributed by atoms with Crippen LogP contribution < -0.4 is 10.2 Å². The smallest absolute Gasteiger partial charge is 0.223 e. The van der Waals surface area contributed by atoms with Crippen molar-refractivity contribution in [1.82, 2.24) is 5.32 Å². The molecule has 2 aromatic carbocycles. The average molecular weight is 372 g/mol. The van der Waals surface area contributed by atoms with E-state index < -0.39 is 6.52 Å². The highest BCUT2D eigenvalue weighted by Gasteiger charge is 2.20. The molecule has 0 saturated heterocycles. The minimum Gasteiger partial charge on any atom is -0.378 e. The zero-order valence-electron chi connectivity index (χ0n) is 16.5. The van der Waals surface area contributed by atoms with Crippen LogP contribution in [0.15, 0.2) is 42.5 Å². The van der Waals surface area contributed by atoms with Crippen LogP contribution in [0.2, 0.25) is 5.02 Å². The second-order valence-corrected chi connectivity index (χ2v) is 7.57. The van der Waals surface area contributed by atoms with Crippen molar-refractivity contribution < 1.29 is 6.17 Å². The summed E-state index contributed by atoms with van der Waals surface area (Å²) in [6.07, 6.45) is 5.25. The van der Waals surface area contributed by atoms with E-state index in [1.54, 1.807) is 0 Å². The molecular weight excluding hydrogens is 344 g/mol. The summed E-state index contributed by atoms with van der Waals surface area (Å²) in [5.41, 5.74) is 3.84. The van der Waals surface area contributed by atoms with Gasteiger partial charge in [-0.05, 0) is 47.7 Å². The van der Waals surface area contributed by atoms with Crippen molar-refractivity contribution in [3.63, 3.8) is 0 Å². The fourth-order valence-electron chi connectivity index (χ4n) is 3.41. The topological polar surface area (TPSA) is 32.3 Å². The first kappa shape index (κ1) is 17.4. The van der Waals surface area contributed by atoms with Crippen molar-refractivity contribution in [3.05, 3.63) is 53.1 Å². The monoisotopic (exact) mass is 371 g/mol. The number of nitrogens with zero attached hydrogens (tertiary/aromatic N) is 1. The molecule has 1 amide bonds. The Morgan fingerprint density at radius 2 is 1.77 bits per heavy atom. The van der Waals surface area contributed by atoms with Gasteiger partial charge in [0.2, 0.25) is 5.91 Å². The number of hydrogen-bond donors (Lipinski definition) is 1. The number of carbonyl (C=O) groups is 1. The molecule has 2 aromatic rings. The van der Waals surface area contributed by atoms with Gasteiger partial charge in [-0.3, -0.25) is 4.79 Å². The number of amides is 1. The van der Waals surface area contributed by atoms with Gasteiger partial charge in [0.15, 0.2) is 0 Å². The molecule has 1 aliphatic rings. The van der Waals surface area contributed by atoms with Crippen molar-refractivity contribution >= 4 is 23.2 Å². The maximum Gasteiger partial charge on any atom is 0.223 e. The molecule has 1 saturated carbocycles. The maximum atomic E-state index is 12.4. The molecule has 4 heteroatoms. The highest BCUT2D eigenvalue weighted by molar-refractivity contribution is 6.31. The van der Waals surface area contributed by atoms with Gasteiger partial charge in [0.1, 0.15) is 0 Å². The van der Waals surface area contributed by atoms with E-state index >= 15 is 0 Å². The summed E-state index contributed by atoms with van der Waals surface area (Å²) in [7, 11) is 4.02. The molecule has 138 valence electrons. The van der Waals surface area contributed by atoms with E-state index in [9.17, 15) is 4.79 Å². The van der Waals surface area contributed by atoms with Gasteiger partial charge in [0.25, 0.3) is 0 Å². The van der Waals surface area contributed by atoms with Crippen LogP contribution in [0.25, 0.3) is 11.1 Å². The summed E-state index contributed by atoms with van der Waals surface area (Å²) in [4.78, 5) is 14.4. The summed E-state index contributed by atoms with van der Waals surface area (Å²) in [5.74, 6) is 0.0222. The Labute approximate surface area is 162 Å². The second kappa shape index (κ2) is 8.59. The molecule has 1 aliphatic carbocycles. The van der Waals surface area contributed by atoms with Crippen LogP contribution in [-0.2, 0) is 11.3 Å². The number of halogens is 1. The Morgan fingerprint density at radius 3 is 2.38 bits per heavy atom. The predicted octanol–water partition coefficient (Wildman–Crippen LogP) is 5.27. The van der Waals surface area contributed by atoms with Gasteiger partial charge in [-0.1, -0.05) is 55.1 Å². The molecule has 3 rings (SSSR count). The lowest BCUT2D eigenvalue weighted by Crippen LogP contribution is -2.31. The Kier molecular flexibility index (Phi) is 5.75. The van der Waals surface area contributed by atoms with Crippen LogP contribution in [0.5, 0.6) is 0 Å². The molecule has 0 aliphatic heterocycles. The average Bonchev–Trinajstić information content (AvgIpc) is 2.68. The fraction of sp³-hybridized carbons (Fsp3) is 0.409. The van der Waals surface area contributed by atoms with E-state index in [0.717, 1.165) is 42.5 Å². The minimum atomic E-state index is -0.836. The lowest BCUT2D eigenvalue weighted by atomic mass is 9.88. The van der Waals surface area contributed by atoms with Crippen LogP contribution in [0, 0.1) is 5.92 Å². The van der Waals surface area contributed by atoms with Crippen molar-refractivity contribution in [2.24, 2.45) is 5.92 Å². The Bertz CT molecular complexity index is 785. The number of carbonyl (C=O) groups excluding carboxylic acids is 1.